The van der Waals surface area contributed by atoms with Gasteiger partial charge in [0.2, 0.25) is 0 Å². The summed E-state index contributed by atoms with van der Waals surface area (Å²) in [7, 11) is 4.18. The van der Waals surface area contributed by atoms with Crippen molar-refractivity contribution in [2.75, 3.05) is 25.5 Å². The summed E-state index contributed by atoms with van der Waals surface area (Å²) in [5, 5.41) is 8.08. The van der Waals surface area contributed by atoms with E-state index in [0.717, 1.165) is 44.0 Å². The molecular formula is C16H22N6S. The average molecular weight is 330 g/mol. The normalized spacial score (nSPS) is 22.3. The van der Waals surface area contributed by atoms with Gasteiger partial charge in [-0.05, 0) is 39.4 Å². The van der Waals surface area contributed by atoms with Crippen LogP contribution in [0.25, 0.3) is 0 Å². The largest absolute Gasteiger partial charge is 0.327 e. The van der Waals surface area contributed by atoms with E-state index in [1.807, 2.05) is 23.4 Å². The van der Waals surface area contributed by atoms with E-state index in [0.29, 0.717) is 6.54 Å². The van der Waals surface area contributed by atoms with Gasteiger partial charge in [0.15, 0.2) is 5.82 Å². The van der Waals surface area contributed by atoms with Crippen LogP contribution in [-0.4, -0.2) is 45.6 Å². The van der Waals surface area contributed by atoms with Crippen LogP contribution in [0.15, 0.2) is 22.9 Å². The monoisotopic (exact) mass is 330 g/mol. The Bertz CT molecular complexity index is 709. The van der Waals surface area contributed by atoms with Crippen molar-refractivity contribution in [2.24, 2.45) is 17.5 Å². The number of aromatic nitrogens is 3. The first kappa shape index (κ1) is 14.8. The van der Waals surface area contributed by atoms with Crippen molar-refractivity contribution >= 4 is 23.0 Å². The lowest BCUT2D eigenvalue weighted by atomic mass is 9.71. The number of nitrogens with zero attached hydrogens (tertiary/aromatic N) is 5. The number of likely N-dealkylation sites (tertiary alicyclic amines) is 1. The maximum absolute atomic E-state index is 4.94. The number of thiazole rings is 1. The van der Waals surface area contributed by atoms with Gasteiger partial charge in [0, 0.05) is 35.3 Å². The minimum atomic E-state index is 0.132. The Labute approximate surface area is 140 Å². The molecule has 6 nitrogen and oxygen atoms in total. The average Bonchev–Trinajstić information content (AvgIpc) is 3.16. The van der Waals surface area contributed by atoms with Crippen LogP contribution in [0.1, 0.15) is 23.3 Å². The molecule has 0 atom stereocenters. The molecule has 4 rings (SSSR count). The van der Waals surface area contributed by atoms with Crippen molar-refractivity contribution in [1.82, 2.24) is 19.7 Å². The third-order valence-electron chi connectivity index (χ3n) is 4.99. The summed E-state index contributed by atoms with van der Waals surface area (Å²) in [6.45, 7) is 2.94. The number of aliphatic imine (C=N–C) groups is 1. The standard InChI is InChI=1S/C16H22N6S/c1-21-5-3-16(4-6-21)7-12-10-22(2)20-14(12)19-15(16)18-9-13-8-17-11-23-13/h8,10-11H,3-7,9H2,1-2H3,(H,18,19,20). The van der Waals surface area contributed by atoms with Gasteiger partial charge in [-0.3, -0.25) is 14.7 Å². The van der Waals surface area contributed by atoms with Gasteiger partial charge in [-0.2, -0.15) is 5.10 Å². The predicted octanol–water partition coefficient (Wildman–Crippen LogP) is 2.16. The minimum Gasteiger partial charge on any atom is -0.327 e. The maximum atomic E-state index is 4.94. The van der Waals surface area contributed by atoms with Gasteiger partial charge in [0.25, 0.3) is 0 Å². The number of rotatable bonds is 2. The lowest BCUT2D eigenvalue weighted by molar-refractivity contribution is 0.178. The van der Waals surface area contributed by atoms with Gasteiger partial charge in [0.1, 0.15) is 5.84 Å². The van der Waals surface area contributed by atoms with Crippen molar-refractivity contribution in [3.8, 4) is 0 Å². The number of fused-ring (bicyclic) bond motifs is 1. The smallest absolute Gasteiger partial charge is 0.156 e. The molecule has 122 valence electrons. The molecule has 23 heavy (non-hydrogen) atoms. The topological polar surface area (TPSA) is 58.3 Å². The molecule has 2 aromatic rings. The molecule has 2 aliphatic rings. The molecule has 1 fully saturated rings. The molecule has 4 heterocycles. The van der Waals surface area contributed by atoms with Crippen LogP contribution in [0.5, 0.6) is 0 Å². The molecule has 0 radical (unpaired) electrons. The number of nitrogens with one attached hydrogen (secondary N) is 1. The Morgan fingerprint density at radius 1 is 1.35 bits per heavy atom. The Kier molecular flexibility index (Phi) is 3.69. The second-order valence-corrected chi connectivity index (χ2v) is 7.67. The predicted molar refractivity (Wildman–Crippen MR) is 93.0 cm³/mol. The fourth-order valence-corrected chi connectivity index (χ4v) is 4.13. The highest BCUT2D eigenvalue weighted by molar-refractivity contribution is 7.09. The van der Waals surface area contributed by atoms with E-state index in [1.54, 1.807) is 11.3 Å². The molecule has 0 aliphatic carbocycles. The number of hydrogen-bond donors (Lipinski definition) is 1. The first-order chi connectivity index (χ1) is 11.1. The van der Waals surface area contributed by atoms with E-state index < -0.39 is 0 Å². The summed E-state index contributed by atoms with van der Waals surface area (Å²) in [4.78, 5) is 12.7. The van der Waals surface area contributed by atoms with Gasteiger partial charge < -0.3 is 10.2 Å². The van der Waals surface area contributed by atoms with Crippen LogP contribution >= 0.6 is 11.3 Å². The van der Waals surface area contributed by atoms with E-state index in [-0.39, 0.29) is 5.41 Å². The van der Waals surface area contributed by atoms with Gasteiger partial charge in [-0.15, -0.1) is 11.3 Å². The molecule has 7 heteroatoms. The second-order valence-electron chi connectivity index (χ2n) is 6.69. The molecule has 0 amide bonds. The van der Waals surface area contributed by atoms with Gasteiger partial charge in [0.05, 0.1) is 12.1 Å². The Balaban J connectivity index is 1.66. The van der Waals surface area contributed by atoms with Gasteiger partial charge >= 0.3 is 0 Å². The van der Waals surface area contributed by atoms with Crippen molar-refractivity contribution < 1.29 is 0 Å². The fraction of sp³-hybridized carbons (Fsp3) is 0.562. The Hall–Kier alpha value is -1.73. The number of piperidine rings is 1. The lowest BCUT2D eigenvalue weighted by Crippen LogP contribution is -2.49. The summed E-state index contributed by atoms with van der Waals surface area (Å²) in [5.74, 6) is 2.09. The molecule has 0 bridgehead atoms. The van der Waals surface area contributed by atoms with Gasteiger partial charge in [-0.25, -0.2) is 0 Å². The number of amidine groups is 1. The van der Waals surface area contributed by atoms with Gasteiger partial charge in [-0.1, -0.05) is 0 Å². The molecule has 0 unspecified atom stereocenters. The SMILES string of the molecule is CN1CCC2(CC1)Cc1cn(C)nc1NC2=NCc1cncs1. The van der Waals surface area contributed by atoms with E-state index in [9.17, 15) is 0 Å². The molecule has 2 aliphatic heterocycles. The van der Waals surface area contributed by atoms with Crippen LogP contribution in [0.2, 0.25) is 0 Å². The van der Waals surface area contributed by atoms with E-state index in [2.05, 4.69) is 33.5 Å². The van der Waals surface area contributed by atoms with Crippen LogP contribution in [0.3, 0.4) is 0 Å². The molecular weight excluding hydrogens is 308 g/mol. The van der Waals surface area contributed by atoms with Crippen LogP contribution < -0.4 is 5.32 Å². The maximum Gasteiger partial charge on any atom is 0.156 e. The zero-order valence-corrected chi connectivity index (χ0v) is 14.4. The summed E-state index contributed by atoms with van der Waals surface area (Å²) in [5.41, 5.74) is 3.31. The Morgan fingerprint density at radius 3 is 2.91 bits per heavy atom. The third kappa shape index (κ3) is 2.79. The first-order valence-corrected chi connectivity index (χ1v) is 8.93. The number of anilines is 1. The fourth-order valence-electron chi connectivity index (χ4n) is 3.61. The zero-order chi connectivity index (χ0) is 15.9. The van der Waals surface area contributed by atoms with Crippen molar-refractivity contribution in [1.29, 1.82) is 0 Å². The first-order valence-electron chi connectivity index (χ1n) is 8.05. The van der Waals surface area contributed by atoms with E-state index in [1.165, 1.54) is 10.4 Å². The molecule has 0 aromatic carbocycles. The molecule has 0 saturated carbocycles. The third-order valence-corrected chi connectivity index (χ3v) is 5.76. The quantitative estimate of drug-likeness (QED) is 0.917. The van der Waals surface area contributed by atoms with Crippen molar-refractivity contribution in [3.63, 3.8) is 0 Å². The second kappa shape index (κ2) is 5.72. The van der Waals surface area contributed by atoms with Crippen LogP contribution in [0, 0.1) is 5.41 Å². The molecule has 1 N–H and O–H groups in total. The highest BCUT2D eigenvalue weighted by Crippen LogP contribution is 2.41. The van der Waals surface area contributed by atoms with Crippen molar-refractivity contribution in [3.05, 3.63) is 28.3 Å². The molecule has 2 aromatic heterocycles. The summed E-state index contributed by atoms with van der Waals surface area (Å²) >= 11 is 1.66. The minimum absolute atomic E-state index is 0.132. The Morgan fingerprint density at radius 2 is 2.17 bits per heavy atom. The van der Waals surface area contributed by atoms with E-state index >= 15 is 0 Å². The number of aryl methyl sites for hydroxylation is 1. The summed E-state index contributed by atoms with van der Waals surface area (Å²) in [6.07, 6.45) is 7.38. The van der Waals surface area contributed by atoms with Crippen molar-refractivity contribution in [2.45, 2.75) is 25.8 Å². The lowest BCUT2D eigenvalue weighted by Gasteiger charge is -2.43. The summed E-state index contributed by atoms with van der Waals surface area (Å²) in [6, 6.07) is 0. The van der Waals surface area contributed by atoms with E-state index in [4.69, 9.17) is 4.99 Å². The highest BCUT2D eigenvalue weighted by Gasteiger charge is 2.43. The molecule has 1 spiro atoms. The summed E-state index contributed by atoms with van der Waals surface area (Å²) < 4.78 is 1.90. The number of hydrogen-bond acceptors (Lipinski definition) is 5. The molecule has 1 saturated heterocycles. The highest BCUT2D eigenvalue weighted by atomic mass is 32.1. The zero-order valence-electron chi connectivity index (χ0n) is 13.6. The van der Waals surface area contributed by atoms with Crippen LogP contribution in [-0.2, 0) is 20.0 Å². The van der Waals surface area contributed by atoms with Crippen LogP contribution in [0.4, 0.5) is 5.82 Å².